The molecule has 2 aromatic carbocycles. The Hall–Kier alpha value is -3.88. The highest BCUT2D eigenvalue weighted by Gasteiger charge is 2.34. The van der Waals surface area contributed by atoms with Gasteiger partial charge >= 0.3 is 0 Å². The molecule has 1 unspecified atom stereocenters. The topological polar surface area (TPSA) is 99.7 Å². The van der Waals surface area contributed by atoms with E-state index in [9.17, 15) is 14.9 Å². The van der Waals surface area contributed by atoms with Crippen LogP contribution in [-0.4, -0.2) is 40.0 Å². The molecule has 5 rings (SSSR count). The van der Waals surface area contributed by atoms with Gasteiger partial charge in [0, 0.05) is 43.2 Å². The van der Waals surface area contributed by atoms with E-state index in [1.807, 2.05) is 23.1 Å². The van der Waals surface area contributed by atoms with Gasteiger partial charge in [0.1, 0.15) is 18.9 Å². The Bertz CT molecular complexity index is 1200. The number of aryl methyl sites for hydroxylation is 1. The highest BCUT2D eigenvalue weighted by atomic mass is 16.6. The predicted octanol–water partition coefficient (Wildman–Crippen LogP) is 3.67. The Morgan fingerprint density at radius 2 is 2.06 bits per heavy atom. The number of para-hydroxylation sites is 1. The number of anilines is 1. The van der Waals surface area contributed by atoms with Crippen molar-refractivity contribution in [2.24, 2.45) is 7.05 Å². The lowest BCUT2D eigenvalue weighted by atomic mass is 10.0. The van der Waals surface area contributed by atoms with Gasteiger partial charge in [0.2, 0.25) is 5.78 Å². The summed E-state index contributed by atoms with van der Waals surface area (Å²) >= 11 is 0. The molecule has 1 atom stereocenters. The minimum absolute atomic E-state index is 0.0820. The van der Waals surface area contributed by atoms with Crippen LogP contribution in [0.5, 0.6) is 11.5 Å². The van der Waals surface area contributed by atoms with Crippen LogP contribution in [0, 0.1) is 10.1 Å². The van der Waals surface area contributed by atoms with Gasteiger partial charge in [-0.25, -0.2) is 4.98 Å². The smallest absolute Gasteiger partial charge is 0.293 e. The van der Waals surface area contributed by atoms with E-state index in [4.69, 9.17) is 9.47 Å². The molecule has 1 aromatic heterocycles. The van der Waals surface area contributed by atoms with E-state index >= 15 is 0 Å². The van der Waals surface area contributed by atoms with Crippen molar-refractivity contribution in [3.8, 4) is 11.5 Å². The lowest BCUT2D eigenvalue weighted by molar-refractivity contribution is -0.384. The van der Waals surface area contributed by atoms with Crippen LogP contribution in [0.25, 0.3) is 0 Å². The molecule has 0 radical (unpaired) electrons. The zero-order chi connectivity index (χ0) is 22.2. The van der Waals surface area contributed by atoms with Gasteiger partial charge in [-0.2, -0.15) is 0 Å². The van der Waals surface area contributed by atoms with Crippen LogP contribution in [-0.2, 0) is 7.05 Å². The first-order chi connectivity index (χ1) is 15.5. The quantitative estimate of drug-likeness (QED) is 0.343. The van der Waals surface area contributed by atoms with Crippen molar-refractivity contribution < 1.29 is 19.2 Å². The van der Waals surface area contributed by atoms with Gasteiger partial charge in [0.15, 0.2) is 17.3 Å². The van der Waals surface area contributed by atoms with Crippen molar-refractivity contribution in [2.45, 2.75) is 18.9 Å². The Kier molecular flexibility index (Phi) is 5.01. The third kappa shape index (κ3) is 3.35. The summed E-state index contributed by atoms with van der Waals surface area (Å²) in [6, 6.07) is 10.3. The van der Waals surface area contributed by atoms with Crippen molar-refractivity contribution in [2.75, 3.05) is 24.7 Å². The van der Waals surface area contributed by atoms with Gasteiger partial charge in [0.05, 0.1) is 11.0 Å². The third-order valence-corrected chi connectivity index (χ3v) is 5.98. The van der Waals surface area contributed by atoms with E-state index in [-0.39, 0.29) is 28.9 Å². The number of fused-ring (bicyclic) bond motifs is 1. The molecule has 2 aliphatic rings. The molecule has 9 heteroatoms. The summed E-state index contributed by atoms with van der Waals surface area (Å²) in [6.07, 6.45) is 4.92. The van der Waals surface area contributed by atoms with Gasteiger partial charge in [-0.05, 0) is 31.0 Å². The number of ketones is 1. The Morgan fingerprint density at radius 3 is 2.84 bits per heavy atom. The van der Waals surface area contributed by atoms with E-state index in [1.165, 1.54) is 12.3 Å². The number of benzene rings is 2. The number of carbonyl (C=O) groups is 1. The summed E-state index contributed by atoms with van der Waals surface area (Å²) in [4.78, 5) is 30.5. The third-order valence-electron chi connectivity index (χ3n) is 5.98. The monoisotopic (exact) mass is 434 g/mol. The molecular formula is C23H22N4O5. The molecule has 164 valence electrons. The van der Waals surface area contributed by atoms with Crippen LogP contribution in [0.3, 0.4) is 0 Å². The van der Waals surface area contributed by atoms with Crippen molar-refractivity contribution in [3.63, 3.8) is 0 Å². The van der Waals surface area contributed by atoms with E-state index < -0.39 is 4.92 Å². The van der Waals surface area contributed by atoms with Crippen LogP contribution in [0.2, 0.25) is 0 Å². The molecular weight excluding hydrogens is 412 g/mol. The predicted molar refractivity (Wildman–Crippen MR) is 116 cm³/mol. The lowest BCUT2D eigenvalue weighted by Gasteiger charge is -2.30. The fourth-order valence-electron chi connectivity index (χ4n) is 4.50. The molecule has 0 aliphatic carbocycles. The largest absolute Gasteiger partial charge is 0.486 e. The molecule has 0 saturated carbocycles. The Morgan fingerprint density at radius 1 is 1.22 bits per heavy atom. The van der Waals surface area contributed by atoms with Crippen LogP contribution >= 0.6 is 0 Å². The zero-order valence-electron chi connectivity index (χ0n) is 17.6. The number of ether oxygens (including phenoxy) is 2. The number of nitro groups is 1. The molecule has 3 aromatic rings. The summed E-state index contributed by atoms with van der Waals surface area (Å²) in [6.45, 7) is 1.64. The molecule has 0 amide bonds. The van der Waals surface area contributed by atoms with E-state index in [0.717, 1.165) is 18.4 Å². The zero-order valence-corrected chi connectivity index (χ0v) is 17.6. The summed E-state index contributed by atoms with van der Waals surface area (Å²) in [5.41, 5.74) is 1.59. The number of aromatic nitrogens is 2. The maximum absolute atomic E-state index is 12.8. The fourth-order valence-corrected chi connectivity index (χ4v) is 4.50. The van der Waals surface area contributed by atoms with Crippen LogP contribution in [0.4, 0.5) is 11.4 Å². The highest BCUT2D eigenvalue weighted by molar-refractivity contribution is 6.07. The number of rotatable bonds is 5. The molecule has 1 saturated heterocycles. The number of hydrogen-bond acceptors (Lipinski definition) is 7. The maximum atomic E-state index is 12.8. The van der Waals surface area contributed by atoms with Gasteiger partial charge in [-0.15, -0.1) is 0 Å². The molecule has 1 fully saturated rings. The van der Waals surface area contributed by atoms with Gasteiger partial charge < -0.3 is 18.9 Å². The van der Waals surface area contributed by atoms with Crippen molar-refractivity contribution in [1.82, 2.24) is 9.55 Å². The Labute approximate surface area is 184 Å². The van der Waals surface area contributed by atoms with Gasteiger partial charge in [-0.1, -0.05) is 12.1 Å². The summed E-state index contributed by atoms with van der Waals surface area (Å²) in [7, 11) is 1.71. The van der Waals surface area contributed by atoms with Crippen molar-refractivity contribution in [3.05, 3.63) is 75.9 Å². The summed E-state index contributed by atoms with van der Waals surface area (Å²) in [5, 5.41) is 12.0. The average Bonchev–Trinajstić information content (AvgIpc) is 3.47. The fraction of sp³-hybridized carbons (Fsp3) is 0.304. The summed E-state index contributed by atoms with van der Waals surface area (Å²) in [5.74, 6) is 1.29. The van der Waals surface area contributed by atoms with Gasteiger partial charge in [-0.3, -0.25) is 14.9 Å². The molecule has 3 heterocycles. The molecule has 0 N–H and O–H groups in total. The number of imidazole rings is 1. The molecule has 0 spiro atoms. The highest BCUT2D eigenvalue weighted by Crippen LogP contribution is 2.46. The molecule has 2 aliphatic heterocycles. The second-order valence-electron chi connectivity index (χ2n) is 7.87. The summed E-state index contributed by atoms with van der Waals surface area (Å²) < 4.78 is 13.2. The number of hydrogen-bond donors (Lipinski definition) is 0. The first-order valence-corrected chi connectivity index (χ1v) is 10.5. The standard InChI is InChI=1S/C23H22N4O5/c1-25-11-9-24-23(25)21(28)15-7-8-18(19(14-15)27(29)30)26-10-3-5-17(26)16-4-2-6-20-22(16)32-13-12-31-20/h2,4,6-9,11,14,17H,3,5,10,12-13H2,1H3. The van der Waals surface area contributed by atoms with Gasteiger partial charge in [0.25, 0.3) is 5.69 Å². The SMILES string of the molecule is Cn1ccnc1C(=O)c1ccc(N2CCCC2c2cccc3c2OCCO3)c([N+](=O)[O-])c1. The van der Waals surface area contributed by atoms with Crippen LogP contribution < -0.4 is 14.4 Å². The van der Waals surface area contributed by atoms with Crippen LogP contribution in [0.1, 0.15) is 40.6 Å². The normalized spacial score (nSPS) is 17.4. The minimum atomic E-state index is -0.431. The van der Waals surface area contributed by atoms with Crippen LogP contribution in [0.15, 0.2) is 48.8 Å². The maximum Gasteiger partial charge on any atom is 0.293 e. The number of nitro benzene ring substituents is 1. The average molecular weight is 434 g/mol. The first-order valence-electron chi connectivity index (χ1n) is 10.5. The van der Waals surface area contributed by atoms with E-state index in [0.29, 0.717) is 36.9 Å². The Balaban J connectivity index is 1.53. The number of nitrogens with zero attached hydrogens (tertiary/aromatic N) is 4. The van der Waals surface area contributed by atoms with Crippen molar-refractivity contribution in [1.29, 1.82) is 0 Å². The second kappa shape index (κ2) is 7.99. The molecule has 0 bridgehead atoms. The molecule has 32 heavy (non-hydrogen) atoms. The number of carbonyl (C=O) groups excluding carboxylic acids is 1. The lowest BCUT2D eigenvalue weighted by Crippen LogP contribution is -2.25. The van der Waals surface area contributed by atoms with E-state index in [2.05, 4.69) is 4.98 Å². The minimum Gasteiger partial charge on any atom is -0.486 e. The van der Waals surface area contributed by atoms with Crippen molar-refractivity contribution >= 4 is 17.2 Å². The first kappa shape index (κ1) is 20.0. The van der Waals surface area contributed by atoms with E-state index in [1.54, 1.807) is 29.9 Å². The molecule has 9 nitrogen and oxygen atoms in total. The second-order valence-corrected chi connectivity index (χ2v) is 7.87.